The highest BCUT2D eigenvalue weighted by Crippen LogP contribution is 2.54. The van der Waals surface area contributed by atoms with E-state index >= 15 is 0 Å². The van der Waals surface area contributed by atoms with Crippen LogP contribution >= 0.6 is 0 Å². The van der Waals surface area contributed by atoms with Gasteiger partial charge >= 0.3 is 0 Å². The molecule has 44 heavy (non-hydrogen) atoms. The van der Waals surface area contributed by atoms with Gasteiger partial charge < -0.3 is 19.6 Å². The van der Waals surface area contributed by atoms with Crippen molar-refractivity contribution in [3.63, 3.8) is 0 Å². The number of nitrogens with zero attached hydrogens (tertiary/aromatic N) is 4. The van der Waals surface area contributed by atoms with E-state index < -0.39 is 0 Å². The molecule has 0 radical (unpaired) electrons. The lowest BCUT2D eigenvalue weighted by molar-refractivity contribution is 0.698. The molecule has 218 valence electrons. The van der Waals surface area contributed by atoms with Crippen molar-refractivity contribution >= 4 is 22.7 Å². The highest BCUT2D eigenvalue weighted by molar-refractivity contribution is 5.82. The smallest absolute Gasteiger partial charge is 0.118 e. The van der Waals surface area contributed by atoms with Gasteiger partial charge in [-0.15, -0.1) is 0 Å². The third-order valence-electron chi connectivity index (χ3n) is 9.86. The molecule has 0 aromatic heterocycles. The molecule has 0 amide bonds. The molecule has 0 saturated heterocycles. The third kappa shape index (κ3) is 3.77. The Bertz CT molecular complexity index is 1790. The number of aryl methyl sites for hydroxylation is 6. The van der Waals surface area contributed by atoms with E-state index in [1.807, 2.05) is 0 Å². The number of allylic oxidation sites excluding steroid dienone is 2. The van der Waals surface area contributed by atoms with E-state index in [1.54, 1.807) is 0 Å². The quantitative estimate of drug-likeness (QED) is 0.241. The van der Waals surface area contributed by atoms with Crippen molar-refractivity contribution in [2.45, 2.75) is 53.4 Å². The monoisotopic (exact) mass is 574 g/mol. The molecule has 4 aromatic rings. The highest BCUT2D eigenvalue weighted by Gasteiger charge is 2.41. The summed E-state index contributed by atoms with van der Waals surface area (Å²) in [4.78, 5) is 9.58. The van der Waals surface area contributed by atoms with E-state index in [0.29, 0.717) is 0 Å². The molecule has 0 saturated carbocycles. The van der Waals surface area contributed by atoms with Crippen LogP contribution < -0.4 is 19.6 Å². The lowest BCUT2D eigenvalue weighted by Gasteiger charge is -2.41. The standard InChI is InChI=1S/C40H38N4/c1-25-11-7-12-26(2)37(25)41-19-21-43-35(41)23-33(31-17-9-15-29(5)39(31)43)34-24-36-42(38-27(3)13-8-14-28(38)4)20-22-44(36)40-30(6)16-10-18-32(34)40/h7-24,33-34H,1-6H3/t33-,34+. The van der Waals surface area contributed by atoms with Gasteiger partial charge in [-0.3, -0.25) is 0 Å². The molecule has 8 rings (SSSR count). The summed E-state index contributed by atoms with van der Waals surface area (Å²) in [5, 5.41) is 0. The molecule has 4 heteroatoms. The van der Waals surface area contributed by atoms with Gasteiger partial charge in [0.05, 0.1) is 22.7 Å². The first-order valence-electron chi connectivity index (χ1n) is 15.6. The summed E-state index contributed by atoms with van der Waals surface area (Å²) in [6.45, 7) is 13.4. The number of hydrogen-bond donors (Lipinski definition) is 0. The Balaban J connectivity index is 1.34. The summed E-state index contributed by atoms with van der Waals surface area (Å²) < 4.78 is 0. The largest absolute Gasteiger partial charge is 0.301 e. The Morgan fingerprint density at radius 1 is 0.364 bits per heavy atom. The fraction of sp³-hybridized carbons (Fsp3) is 0.200. The minimum atomic E-state index is 0.151. The predicted octanol–water partition coefficient (Wildman–Crippen LogP) is 9.71. The zero-order valence-electron chi connectivity index (χ0n) is 26.3. The molecular formula is C40H38N4. The van der Waals surface area contributed by atoms with Gasteiger partial charge in [0.2, 0.25) is 0 Å². The van der Waals surface area contributed by atoms with Crippen LogP contribution in [0.5, 0.6) is 0 Å². The van der Waals surface area contributed by atoms with Crippen molar-refractivity contribution in [3.05, 3.63) is 166 Å². The van der Waals surface area contributed by atoms with E-state index in [1.165, 1.54) is 78.9 Å². The molecule has 2 atom stereocenters. The number of benzene rings is 4. The zero-order chi connectivity index (χ0) is 30.3. The van der Waals surface area contributed by atoms with Gasteiger partial charge in [-0.1, -0.05) is 72.8 Å². The van der Waals surface area contributed by atoms with Crippen LogP contribution in [0.2, 0.25) is 0 Å². The highest BCUT2D eigenvalue weighted by atomic mass is 15.4. The Hall–Kier alpha value is -4.96. The molecule has 4 aromatic carbocycles. The van der Waals surface area contributed by atoms with Crippen LogP contribution in [0.15, 0.2) is 121 Å². The normalized spacial score (nSPS) is 19.5. The van der Waals surface area contributed by atoms with Crippen LogP contribution in [0.25, 0.3) is 0 Å². The minimum absolute atomic E-state index is 0.151. The number of hydrogen-bond acceptors (Lipinski definition) is 4. The third-order valence-corrected chi connectivity index (χ3v) is 9.86. The van der Waals surface area contributed by atoms with Crippen LogP contribution in [0.4, 0.5) is 22.7 Å². The van der Waals surface area contributed by atoms with Gasteiger partial charge in [0.1, 0.15) is 11.6 Å². The van der Waals surface area contributed by atoms with E-state index in [2.05, 4.69) is 171 Å². The maximum absolute atomic E-state index is 2.52. The van der Waals surface area contributed by atoms with Crippen LogP contribution in [0.1, 0.15) is 56.3 Å². The maximum atomic E-state index is 2.52. The molecule has 0 N–H and O–H groups in total. The molecular weight excluding hydrogens is 536 g/mol. The number of fused-ring (bicyclic) bond motifs is 6. The molecule has 0 bridgehead atoms. The Kier molecular flexibility index (Phi) is 5.93. The lowest BCUT2D eigenvalue weighted by Crippen LogP contribution is -2.33. The molecule has 4 aliphatic rings. The minimum Gasteiger partial charge on any atom is -0.301 e. The van der Waals surface area contributed by atoms with Crippen LogP contribution in [-0.2, 0) is 0 Å². The van der Waals surface area contributed by atoms with E-state index in [-0.39, 0.29) is 11.8 Å². The SMILES string of the molecule is Cc1cccc(C)c1N1C=CN2C1=C[C@@H]([C@H]1C=C3N(c4c(C)cccc4C)C=CN3c3c(C)cccc31)c1cccc(C)c12. The van der Waals surface area contributed by atoms with E-state index in [4.69, 9.17) is 0 Å². The predicted molar refractivity (Wildman–Crippen MR) is 184 cm³/mol. The first kappa shape index (κ1) is 26.7. The summed E-state index contributed by atoms with van der Waals surface area (Å²) in [6.07, 6.45) is 14.0. The van der Waals surface area contributed by atoms with E-state index in [9.17, 15) is 0 Å². The Morgan fingerprint density at radius 2 is 0.636 bits per heavy atom. The fourth-order valence-electron chi connectivity index (χ4n) is 7.91. The molecule has 4 aliphatic heterocycles. The summed E-state index contributed by atoms with van der Waals surface area (Å²) in [5.74, 6) is 2.72. The second-order valence-electron chi connectivity index (χ2n) is 12.7. The summed E-state index contributed by atoms with van der Waals surface area (Å²) in [6, 6.07) is 26.8. The van der Waals surface area contributed by atoms with Crippen LogP contribution in [0.3, 0.4) is 0 Å². The van der Waals surface area contributed by atoms with Crippen molar-refractivity contribution in [1.82, 2.24) is 0 Å². The second kappa shape index (κ2) is 9.78. The molecule has 0 spiro atoms. The van der Waals surface area contributed by atoms with Gasteiger partial charge in [-0.05, 0) is 98.2 Å². The lowest BCUT2D eigenvalue weighted by atomic mass is 9.76. The summed E-state index contributed by atoms with van der Waals surface area (Å²) >= 11 is 0. The van der Waals surface area contributed by atoms with E-state index in [0.717, 1.165) is 0 Å². The van der Waals surface area contributed by atoms with Crippen molar-refractivity contribution in [3.8, 4) is 0 Å². The average molecular weight is 575 g/mol. The molecule has 0 unspecified atom stereocenters. The second-order valence-corrected chi connectivity index (χ2v) is 12.7. The Morgan fingerprint density at radius 3 is 0.977 bits per heavy atom. The van der Waals surface area contributed by atoms with Crippen molar-refractivity contribution in [1.29, 1.82) is 0 Å². The molecule has 4 nitrogen and oxygen atoms in total. The van der Waals surface area contributed by atoms with Gasteiger partial charge in [-0.25, -0.2) is 0 Å². The topological polar surface area (TPSA) is 13.0 Å². The van der Waals surface area contributed by atoms with Gasteiger partial charge in [0, 0.05) is 36.6 Å². The van der Waals surface area contributed by atoms with Gasteiger partial charge in [0.15, 0.2) is 0 Å². The zero-order valence-corrected chi connectivity index (χ0v) is 26.3. The molecule has 0 aliphatic carbocycles. The van der Waals surface area contributed by atoms with Gasteiger partial charge in [0.25, 0.3) is 0 Å². The fourth-order valence-corrected chi connectivity index (χ4v) is 7.91. The number of para-hydroxylation sites is 4. The number of rotatable bonds is 3. The van der Waals surface area contributed by atoms with Crippen molar-refractivity contribution in [2.75, 3.05) is 19.6 Å². The molecule has 4 heterocycles. The van der Waals surface area contributed by atoms with Gasteiger partial charge in [-0.2, -0.15) is 0 Å². The number of anilines is 4. The maximum Gasteiger partial charge on any atom is 0.118 e. The summed E-state index contributed by atoms with van der Waals surface area (Å²) in [7, 11) is 0. The van der Waals surface area contributed by atoms with Crippen molar-refractivity contribution < 1.29 is 0 Å². The van der Waals surface area contributed by atoms with Crippen LogP contribution in [0, 0.1) is 41.5 Å². The van der Waals surface area contributed by atoms with Crippen LogP contribution in [-0.4, -0.2) is 0 Å². The average Bonchev–Trinajstić information content (AvgIpc) is 3.61. The molecule has 0 fully saturated rings. The Labute approximate surface area is 261 Å². The summed E-state index contributed by atoms with van der Waals surface area (Å²) in [5.41, 5.74) is 15.6. The van der Waals surface area contributed by atoms with Crippen molar-refractivity contribution in [2.24, 2.45) is 0 Å². The first-order chi connectivity index (χ1) is 21.3. The first-order valence-corrected chi connectivity index (χ1v) is 15.6.